The first kappa shape index (κ1) is 17.6. The lowest BCUT2D eigenvalue weighted by atomic mass is 10.2. The van der Waals surface area contributed by atoms with Gasteiger partial charge in [0, 0.05) is 19.2 Å². The lowest BCUT2D eigenvalue weighted by molar-refractivity contribution is 0.707. The quantitative estimate of drug-likeness (QED) is 0.767. The van der Waals surface area contributed by atoms with Crippen molar-refractivity contribution >= 4 is 11.5 Å². The summed E-state index contributed by atoms with van der Waals surface area (Å²) < 4.78 is 1.88. The minimum absolute atomic E-state index is 0.521. The Morgan fingerprint density at radius 3 is 2.62 bits per heavy atom. The van der Waals surface area contributed by atoms with E-state index in [-0.39, 0.29) is 0 Å². The first-order chi connectivity index (χ1) is 11.7. The number of nitrogen functional groups attached to an aromatic ring is 1. The maximum absolute atomic E-state index is 9.66. The summed E-state index contributed by atoms with van der Waals surface area (Å²) in [4.78, 5) is 4.69. The summed E-state index contributed by atoms with van der Waals surface area (Å²) in [7, 11) is 0. The Morgan fingerprint density at radius 1 is 1.25 bits per heavy atom. The molecule has 0 amide bonds. The van der Waals surface area contributed by atoms with Crippen LogP contribution in [0.4, 0.5) is 11.5 Å². The lowest BCUT2D eigenvalue weighted by Gasteiger charge is -2.15. The monoisotopic (exact) mass is 323 g/mol. The molecule has 24 heavy (non-hydrogen) atoms. The van der Waals surface area contributed by atoms with E-state index in [2.05, 4.69) is 23.3 Å². The van der Waals surface area contributed by atoms with Crippen LogP contribution in [0.25, 0.3) is 0 Å². The largest absolute Gasteiger partial charge is 0.385 e. The zero-order chi connectivity index (χ0) is 17.4. The predicted octanol–water partition coefficient (Wildman–Crippen LogP) is 3.27. The van der Waals surface area contributed by atoms with E-state index in [9.17, 15) is 5.26 Å². The molecule has 0 unspecified atom stereocenters. The predicted molar refractivity (Wildman–Crippen MR) is 98.3 cm³/mol. The molecule has 1 heterocycles. The molecule has 1 aromatic carbocycles. The molecular weight excluding hydrogens is 298 g/mol. The van der Waals surface area contributed by atoms with E-state index in [4.69, 9.17) is 5.73 Å². The number of rotatable bonds is 7. The molecule has 0 fully saturated rings. The molecule has 0 aliphatic carbocycles. The summed E-state index contributed by atoms with van der Waals surface area (Å²) in [6.45, 7) is 6.15. The molecule has 126 valence electrons. The molecule has 2 aromatic rings. The van der Waals surface area contributed by atoms with Crippen LogP contribution in [-0.4, -0.2) is 11.1 Å². The van der Waals surface area contributed by atoms with E-state index >= 15 is 0 Å². The second-order valence-electron chi connectivity index (χ2n) is 5.62. The normalized spacial score (nSPS) is 11.3. The average molecular weight is 323 g/mol. The molecule has 0 atom stereocenters. The molecule has 0 bridgehead atoms. The third-order valence-corrected chi connectivity index (χ3v) is 3.88. The first-order valence-electron chi connectivity index (χ1n) is 8.42. The molecular formula is C19H25N5. The van der Waals surface area contributed by atoms with Crippen LogP contribution < -0.4 is 16.5 Å². The molecule has 0 spiro atoms. The average Bonchev–Trinajstić information content (AvgIpc) is 2.61. The highest BCUT2D eigenvalue weighted by atomic mass is 15.1. The van der Waals surface area contributed by atoms with Gasteiger partial charge >= 0.3 is 0 Å². The van der Waals surface area contributed by atoms with Gasteiger partial charge in [-0.2, -0.15) is 5.26 Å². The second-order valence-corrected chi connectivity index (χ2v) is 5.62. The Labute approximate surface area is 143 Å². The van der Waals surface area contributed by atoms with Crippen molar-refractivity contribution in [1.29, 1.82) is 5.26 Å². The first-order valence-corrected chi connectivity index (χ1v) is 8.42. The van der Waals surface area contributed by atoms with Gasteiger partial charge in [-0.05, 0) is 18.9 Å². The molecule has 5 nitrogen and oxygen atoms in total. The summed E-state index contributed by atoms with van der Waals surface area (Å²) in [6.07, 6.45) is 2.14. The van der Waals surface area contributed by atoms with Gasteiger partial charge in [0.1, 0.15) is 22.9 Å². The molecule has 0 aliphatic rings. The number of nitrogens with zero attached hydrogens (tertiary/aromatic N) is 3. The fourth-order valence-electron chi connectivity index (χ4n) is 2.57. The van der Waals surface area contributed by atoms with Crippen molar-refractivity contribution in [2.45, 2.75) is 39.8 Å². The number of nitrogens with one attached hydrogen (secondary N) is 1. The van der Waals surface area contributed by atoms with Gasteiger partial charge in [-0.3, -0.25) is 4.99 Å². The maximum atomic E-state index is 9.66. The summed E-state index contributed by atoms with van der Waals surface area (Å²) in [5.41, 5.74) is 9.25. The molecule has 0 aliphatic heterocycles. The minimum Gasteiger partial charge on any atom is -0.385 e. The number of unbranched alkanes of at least 4 members (excludes halogenated alkanes) is 1. The number of hydrogen-bond acceptors (Lipinski definition) is 4. The number of benzene rings is 1. The molecule has 3 N–H and O–H groups in total. The maximum Gasteiger partial charge on any atom is 0.149 e. The minimum atomic E-state index is 0.521. The van der Waals surface area contributed by atoms with Gasteiger partial charge in [-0.1, -0.05) is 43.7 Å². The van der Waals surface area contributed by atoms with Crippen LogP contribution in [0, 0.1) is 11.3 Å². The van der Waals surface area contributed by atoms with Crippen molar-refractivity contribution in [3.8, 4) is 6.07 Å². The summed E-state index contributed by atoms with van der Waals surface area (Å²) in [5.74, 6) is 0.613. The van der Waals surface area contributed by atoms with Crippen molar-refractivity contribution < 1.29 is 0 Å². The number of aromatic nitrogens is 1. The van der Waals surface area contributed by atoms with Crippen molar-refractivity contribution in [3.63, 3.8) is 0 Å². The van der Waals surface area contributed by atoms with Gasteiger partial charge in [0.05, 0.1) is 12.2 Å². The highest BCUT2D eigenvalue weighted by Gasteiger charge is 2.10. The number of pyridine rings is 1. The van der Waals surface area contributed by atoms with E-state index in [1.807, 2.05) is 47.9 Å². The van der Waals surface area contributed by atoms with E-state index < -0.39 is 0 Å². The zero-order valence-electron chi connectivity index (χ0n) is 14.4. The van der Waals surface area contributed by atoms with E-state index in [0.717, 1.165) is 30.6 Å². The Kier molecular flexibility index (Phi) is 6.44. The molecule has 1 aromatic heterocycles. The fourth-order valence-corrected chi connectivity index (χ4v) is 2.57. The van der Waals surface area contributed by atoms with Gasteiger partial charge in [0.25, 0.3) is 0 Å². The second kappa shape index (κ2) is 8.78. The summed E-state index contributed by atoms with van der Waals surface area (Å²) in [6, 6.07) is 14.1. The summed E-state index contributed by atoms with van der Waals surface area (Å²) >= 11 is 0. The van der Waals surface area contributed by atoms with E-state index in [0.29, 0.717) is 30.0 Å². The van der Waals surface area contributed by atoms with Gasteiger partial charge < -0.3 is 15.6 Å². The fraction of sp³-hybridized carbons (Fsp3) is 0.368. The Morgan fingerprint density at radius 2 is 2.00 bits per heavy atom. The van der Waals surface area contributed by atoms with Crippen molar-refractivity contribution in [3.05, 3.63) is 53.0 Å². The number of hydrogen-bond donors (Lipinski definition) is 2. The number of nitriles is 1. The van der Waals surface area contributed by atoms with Crippen LogP contribution in [0.15, 0.2) is 41.4 Å². The van der Waals surface area contributed by atoms with Crippen LogP contribution in [0.1, 0.15) is 37.8 Å². The topological polar surface area (TPSA) is 79.1 Å². The van der Waals surface area contributed by atoms with Crippen LogP contribution in [0.2, 0.25) is 0 Å². The van der Waals surface area contributed by atoms with Gasteiger partial charge in [-0.15, -0.1) is 0 Å². The van der Waals surface area contributed by atoms with Crippen LogP contribution in [0.5, 0.6) is 0 Å². The third kappa shape index (κ3) is 4.17. The van der Waals surface area contributed by atoms with Gasteiger partial charge in [0.15, 0.2) is 0 Å². The van der Waals surface area contributed by atoms with Crippen molar-refractivity contribution in [2.24, 2.45) is 4.99 Å². The molecule has 0 radical (unpaired) electrons. The van der Waals surface area contributed by atoms with Gasteiger partial charge in [-0.25, -0.2) is 0 Å². The Hall–Kier alpha value is -2.74. The van der Waals surface area contributed by atoms with E-state index in [1.54, 1.807) is 0 Å². The van der Waals surface area contributed by atoms with Crippen molar-refractivity contribution in [1.82, 2.24) is 4.57 Å². The summed E-state index contributed by atoms with van der Waals surface area (Å²) in [5, 5.41) is 13.0. The molecule has 0 saturated heterocycles. The Balaban J connectivity index is 2.48. The van der Waals surface area contributed by atoms with Crippen LogP contribution in [-0.2, 0) is 13.1 Å². The highest BCUT2D eigenvalue weighted by molar-refractivity contribution is 5.61. The Bertz CT molecular complexity index is 769. The SMILES string of the molecule is CCCCNc1cc(N)n(CC)c(=NCc2ccccc2)c1C#N. The number of nitrogens with two attached hydrogens (primary N) is 1. The smallest absolute Gasteiger partial charge is 0.149 e. The molecule has 5 heteroatoms. The zero-order valence-corrected chi connectivity index (χ0v) is 14.4. The standard InChI is InChI=1S/C19H25N5/c1-3-5-11-22-17-12-18(21)24(4-2)19(16(17)13-20)23-14-15-9-7-6-8-10-15/h6-10,12,22H,3-5,11,14,21H2,1-2H3. The highest BCUT2D eigenvalue weighted by Crippen LogP contribution is 2.16. The molecule has 0 saturated carbocycles. The van der Waals surface area contributed by atoms with E-state index in [1.165, 1.54) is 0 Å². The number of anilines is 2. The molecule has 2 rings (SSSR count). The third-order valence-electron chi connectivity index (χ3n) is 3.88. The van der Waals surface area contributed by atoms with Crippen molar-refractivity contribution in [2.75, 3.05) is 17.6 Å². The van der Waals surface area contributed by atoms with Gasteiger partial charge in [0.2, 0.25) is 0 Å². The van der Waals surface area contributed by atoms with Crippen LogP contribution in [0.3, 0.4) is 0 Å². The van der Waals surface area contributed by atoms with Crippen LogP contribution >= 0.6 is 0 Å². The lowest BCUT2D eigenvalue weighted by Crippen LogP contribution is -2.27.